The van der Waals surface area contributed by atoms with E-state index in [2.05, 4.69) is 26.0 Å². The molecular weight excluding hydrogens is 561 g/mol. The van der Waals surface area contributed by atoms with Gasteiger partial charge in [-0.1, -0.05) is 192 Å². The molecule has 0 amide bonds. The molecule has 0 saturated heterocycles. The van der Waals surface area contributed by atoms with E-state index in [1.54, 1.807) is 12.1 Å². The number of hydrogen-bond acceptors (Lipinski definition) is 2. The third-order valence-electron chi connectivity index (χ3n) is 9.48. The van der Waals surface area contributed by atoms with E-state index in [1.807, 2.05) is 6.07 Å². The van der Waals surface area contributed by atoms with Crippen LogP contribution >= 0.6 is 0 Å². The fourth-order valence-corrected chi connectivity index (χ4v) is 7.54. The molecule has 0 unspecified atom stereocenters. The number of rotatable bonds is 29. The van der Waals surface area contributed by atoms with Crippen LogP contribution in [0.15, 0.2) is 35.2 Å². The van der Waals surface area contributed by atoms with Gasteiger partial charge < -0.3 is 0 Å². The van der Waals surface area contributed by atoms with Crippen LogP contribution in [0.3, 0.4) is 0 Å². The number of fused-ring (bicyclic) bond motifs is 1. The van der Waals surface area contributed by atoms with Gasteiger partial charge in [0.1, 0.15) is 4.90 Å². The van der Waals surface area contributed by atoms with Crippen molar-refractivity contribution in [3.05, 3.63) is 41.5 Å². The van der Waals surface area contributed by atoms with Gasteiger partial charge in [-0.05, 0) is 48.3 Å². The molecule has 3 nitrogen and oxygen atoms in total. The van der Waals surface area contributed by atoms with Crippen molar-refractivity contribution in [1.82, 2.24) is 0 Å². The molecule has 4 heteroatoms. The number of benzene rings is 2. The van der Waals surface area contributed by atoms with Crippen LogP contribution in [0.25, 0.3) is 10.8 Å². The zero-order chi connectivity index (χ0) is 31.7. The van der Waals surface area contributed by atoms with Gasteiger partial charge >= 0.3 is 0 Å². The Hall–Kier alpha value is -1.39. The van der Waals surface area contributed by atoms with Gasteiger partial charge in [0.25, 0.3) is 10.1 Å². The van der Waals surface area contributed by atoms with Crippen molar-refractivity contribution in [3.8, 4) is 0 Å². The van der Waals surface area contributed by atoms with Gasteiger partial charge in [0, 0.05) is 5.39 Å². The van der Waals surface area contributed by atoms with Crippen LogP contribution in [0, 0.1) is 0 Å². The van der Waals surface area contributed by atoms with Crippen molar-refractivity contribution in [2.45, 2.75) is 199 Å². The topological polar surface area (TPSA) is 54.4 Å². The highest BCUT2D eigenvalue weighted by Gasteiger charge is 2.17. The Kier molecular flexibility index (Phi) is 21.9. The van der Waals surface area contributed by atoms with Gasteiger partial charge in [-0.25, -0.2) is 0 Å². The van der Waals surface area contributed by atoms with Gasteiger partial charge in [0.15, 0.2) is 0 Å². The molecule has 2 rings (SSSR count). The fourth-order valence-electron chi connectivity index (χ4n) is 6.79. The summed E-state index contributed by atoms with van der Waals surface area (Å²) < 4.78 is 34.4. The summed E-state index contributed by atoms with van der Waals surface area (Å²) in [5.74, 6) is 0. The van der Waals surface area contributed by atoms with E-state index in [0.29, 0.717) is 0 Å². The second-order valence-corrected chi connectivity index (χ2v) is 15.0. The Balaban J connectivity index is 1.74. The molecule has 2 aromatic rings. The molecule has 0 aromatic heterocycles. The van der Waals surface area contributed by atoms with Gasteiger partial charge in [0.05, 0.1) is 0 Å². The van der Waals surface area contributed by atoms with Gasteiger partial charge in [-0.15, -0.1) is 0 Å². The summed E-state index contributed by atoms with van der Waals surface area (Å²) >= 11 is 0. The summed E-state index contributed by atoms with van der Waals surface area (Å²) in [6.07, 6.45) is 36.7. The maximum Gasteiger partial charge on any atom is 0.295 e. The summed E-state index contributed by atoms with van der Waals surface area (Å²) in [7, 11) is -4.26. The van der Waals surface area contributed by atoms with E-state index < -0.39 is 10.1 Å². The van der Waals surface area contributed by atoms with Gasteiger partial charge in [-0.3, -0.25) is 4.55 Å². The van der Waals surface area contributed by atoms with Crippen molar-refractivity contribution in [3.63, 3.8) is 0 Å². The summed E-state index contributed by atoms with van der Waals surface area (Å²) in [6.45, 7) is 4.56. The fraction of sp³-hybridized carbons (Fsp3) is 0.750. The molecule has 44 heavy (non-hydrogen) atoms. The minimum absolute atomic E-state index is 0.0622. The van der Waals surface area contributed by atoms with Crippen molar-refractivity contribution < 1.29 is 13.0 Å². The molecule has 0 radical (unpaired) electrons. The first-order valence-electron chi connectivity index (χ1n) is 19.0. The first kappa shape index (κ1) is 38.8. The Labute approximate surface area is 273 Å². The third-order valence-corrected chi connectivity index (χ3v) is 10.4. The number of unbranched alkanes of at least 4 members (excludes halogenated alkanes) is 24. The maximum atomic E-state index is 12.2. The molecule has 0 atom stereocenters. The summed E-state index contributed by atoms with van der Waals surface area (Å²) in [5.41, 5.74) is 2.39. The van der Waals surface area contributed by atoms with Crippen LogP contribution in [0.2, 0.25) is 0 Å². The van der Waals surface area contributed by atoms with Crippen LogP contribution in [0.1, 0.15) is 192 Å². The SMILES string of the molecule is CCCCCCCCCCCCCCCc1cc(CCCCCCCCCCCCCCC)c2c(S(=O)(=O)O)cccc2c1. The minimum Gasteiger partial charge on any atom is -0.282 e. The number of aryl methyl sites for hydroxylation is 2. The second kappa shape index (κ2) is 24.8. The smallest absolute Gasteiger partial charge is 0.282 e. The van der Waals surface area contributed by atoms with E-state index in [9.17, 15) is 13.0 Å². The minimum atomic E-state index is -4.26. The summed E-state index contributed by atoms with van der Waals surface area (Å²) in [5, 5.41) is 1.67. The van der Waals surface area contributed by atoms with Crippen LogP contribution in [-0.4, -0.2) is 13.0 Å². The third kappa shape index (κ3) is 17.3. The molecule has 252 valence electrons. The normalized spacial score (nSPS) is 12.0. The van der Waals surface area contributed by atoms with E-state index >= 15 is 0 Å². The highest BCUT2D eigenvalue weighted by Crippen LogP contribution is 2.30. The lowest BCUT2D eigenvalue weighted by Crippen LogP contribution is -2.02. The second-order valence-electron chi connectivity index (χ2n) is 13.6. The monoisotopic (exact) mass is 628 g/mol. The molecule has 0 aliphatic rings. The predicted octanol–water partition coefficient (Wildman–Crippen LogP) is 13.4. The molecule has 0 heterocycles. The van der Waals surface area contributed by atoms with E-state index in [0.717, 1.165) is 35.6 Å². The largest absolute Gasteiger partial charge is 0.295 e. The zero-order valence-corrected chi connectivity index (χ0v) is 29.7. The Morgan fingerprint density at radius 3 is 1.30 bits per heavy atom. The highest BCUT2D eigenvalue weighted by molar-refractivity contribution is 7.86. The molecule has 2 aromatic carbocycles. The lowest BCUT2D eigenvalue weighted by atomic mass is 9.94. The number of hydrogen-bond donors (Lipinski definition) is 1. The van der Waals surface area contributed by atoms with Crippen LogP contribution in [-0.2, 0) is 23.0 Å². The first-order chi connectivity index (χ1) is 21.5. The molecule has 0 aliphatic heterocycles. The summed E-state index contributed by atoms with van der Waals surface area (Å²) in [6, 6.07) is 9.70. The molecule has 1 N–H and O–H groups in total. The van der Waals surface area contributed by atoms with Crippen LogP contribution < -0.4 is 0 Å². The molecule has 0 fully saturated rings. The van der Waals surface area contributed by atoms with Crippen molar-refractivity contribution >= 4 is 20.9 Å². The van der Waals surface area contributed by atoms with Crippen LogP contribution in [0.5, 0.6) is 0 Å². The Morgan fingerprint density at radius 1 is 0.500 bits per heavy atom. The zero-order valence-electron chi connectivity index (χ0n) is 28.9. The lowest BCUT2D eigenvalue weighted by Gasteiger charge is -2.13. The van der Waals surface area contributed by atoms with Gasteiger partial charge in [0.2, 0.25) is 0 Å². The maximum absolute atomic E-state index is 12.2. The Morgan fingerprint density at radius 2 is 0.886 bits per heavy atom. The van der Waals surface area contributed by atoms with E-state index in [1.165, 1.54) is 166 Å². The Bertz CT molecular complexity index is 1090. The average Bonchev–Trinajstić information content (AvgIpc) is 3.01. The molecule has 0 aliphatic carbocycles. The predicted molar refractivity (Wildman–Crippen MR) is 193 cm³/mol. The first-order valence-corrected chi connectivity index (χ1v) is 20.4. The van der Waals surface area contributed by atoms with Crippen molar-refractivity contribution in [1.29, 1.82) is 0 Å². The molecule has 0 saturated carbocycles. The van der Waals surface area contributed by atoms with E-state index in [-0.39, 0.29) is 4.90 Å². The molecule has 0 spiro atoms. The van der Waals surface area contributed by atoms with Crippen LogP contribution in [0.4, 0.5) is 0 Å². The van der Waals surface area contributed by atoms with E-state index in [4.69, 9.17) is 0 Å². The van der Waals surface area contributed by atoms with Crippen molar-refractivity contribution in [2.24, 2.45) is 0 Å². The standard InChI is InChI=1S/C40H68O3S/c1-3-5-7-9-11-13-15-17-19-21-23-25-27-30-36-34-37(40-38(35-36)32-29-33-39(40)44(41,42)43)31-28-26-24-22-20-18-16-14-12-10-8-6-4-2/h29,32-35H,3-28,30-31H2,1-2H3,(H,41,42,43). The quantitative estimate of drug-likeness (QED) is 0.0720. The molecule has 0 bridgehead atoms. The molecular formula is C40H68O3S. The summed E-state index contributed by atoms with van der Waals surface area (Å²) in [4.78, 5) is 0.0622. The van der Waals surface area contributed by atoms with Gasteiger partial charge in [-0.2, -0.15) is 8.42 Å². The van der Waals surface area contributed by atoms with Crippen molar-refractivity contribution in [2.75, 3.05) is 0 Å². The lowest BCUT2D eigenvalue weighted by molar-refractivity contribution is 0.484. The highest BCUT2D eigenvalue weighted by atomic mass is 32.2. The average molecular weight is 629 g/mol.